The lowest BCUT2D eigenvalue weighted by molar-refractivity contribution is 0.281. The van der Waals surface area contributed by atoms with Crippen molar-refractivity contribution in [1.29, 1.82) is 0 Å². The zero-order chi connectivity index (χ0) is 16.9. The summed E-state index contributed by atoms with van der Waals surface area (Å²) in [7, 11) is 2.06. The van der Waals surface area contributed by atoms with Crippen LogP contribution in [-0.2, 0) is 0 Å². The van der Waals surface area contributed by atoms with Gasteiger partial charge in [-0.25, -0.2) is 0 Å². The van der Waals surface area contributed by atoms with E-state index < -0.39 is 0 Å². The van der Waals surface area contributed by atoms with E-state index in [4.69, 9.17) is 4.74 Å². The molecule has 0 bridgehead atoms. The zero-order valence-corrected chi connectivity index (χ0v) is 18.5. The lowest BCUT2D eigenvalue weighted by Gasteiger charge is -2.22. The summed E-state index contributed by atoms with van der Waals surface area (Å²) < 4.78 is 5.79. The summed E-state index contributed by atoms with van der Waals surface area (Å²) in [5, 5.41) is 3.34. The van der Waals surface area contributed by atoms with E-state index >= 15 is 0 Å². The van der Waals surface area contributed by atoms with Crippen molar-refractivity contribution in [1.82, 2.24) is 10.2 Å². The quantitative estimate of drug-likeness (QED) is 0.245. The second-order valence-corrected chi connectivity index (χ2v) is 6.50. The van der Waals surface area contributed by atoms with Gasteiger partial charge in [0.2, 0.25) is 0 Å². The van der Waals surface area contributed by atoms with E-state index in [1.54, 1.807) is 0 Å². The Labute approximate surface area is 168 Å². The number of halogens is 1. The Morgan fingerprint density at radius 2 is 1.96 bits per heavy atom. The van der Waals surface area contributed by atoms with E-state index in [2.05, 4.69) is 54.5 Å². The number of hydrogen-bond acceptors (Lipinski definition) is 3. The molecular weight excluding hydrogens is 433 g/mol. The van der Waals surface area contributed by atoms with Crippen molar-refractivity contribution in [3.8, 4) is 5.75 Å². The Hall–Kier alpha value is -0.630. The number of guanidine groups is 1. The van der Waals surface area contributed by atoms with Crippen LogP contribution in [0.2, 0.25) is 0 Å². The Balaban J connectivity index is 0.00000529. The van der Waals surface area contributed by atoms with Crippen LogP contribution in [0, 0.1) is 6.92 Å². The van der Waals surface area contributed by atoms with Crippen LogP contribution in [-0.4, -0.2) is 56.2 Å². The van der Waals surface area contributed by atoms with E-state index in [1.807, 2.05) is 23.9 Å². The molecule has 0 radical (unpaired) electrons. The Morgan fingerprint density at radius 1 is 1.25 bits per heavy atom. The van der Waals surface area contributed by atoms with Crippen LogP contribution in [0.1, 0.15) is 25.3 Å². The molecule has 6 heteroatoms. The Bertz CT molecular complexity index is 454. The maximum absolute atomic E-state index is 5.79. The Kier molecular flexibility index (Phi) is 14.3. The topological polar surface area (TPSA) is 36.9 Å². The molecule has 1 aromatic rings. The van der Waals surface area contributed by atoms with Gasteiger partial charge in [-0.05, 0) is 50.8 Å². The number of aryl methyl sites for hydroxylation is 1. The molecule has 0 aliphatic carbocycles. The van der Waals surface area contributed by atoms with Gasteiger partial charge in [-0.15, -0.1) is 24.0 Å². The van der Waals surface area contributed by atoms with Gasteiger partial charge in [0.15, 0.2) is 5.96 Å². The van der Waals surface area contributed by atoms with Crippen LogP contribution in [0.5, 0.6) is 5.75 Å². The molecule has 0 saturated carbocycles. The summed E-state index contributed by atoms with van der Waals surface area (Å²) in [6, 6.07) is 8.17. The van der Waals surface area contributed by atoms with E-state index in [-0.39, 0.29) is 24.0 Å². The lowest BCUT2D eigenvalue weighted by atomic mass is 10.2. The van der Waals surface area contributed by atoms with Gasteiger partial charge in [-0.2, -0.15) is 11.8 Å². The molecule has 0 aromatic heterocycles. The number of thioether (sulfide) groups is 1. The summed E-state index contributed by atoms with van der Waals surface area (Å²) >= 11 is 1.90. The summed E-state index contributed by atoms with van der Waals surface area (Å²) in [5.74, 6) is 3.10. The number of ether oxygens (including phenoxy) is 1. The van der Waals surface area contributed by atoms with E-state index in [0.717, 1.165) is 37.8 Å². The van der Waals surface area contributed by atoms with E-state index in [9.17, 15) is 0 Å². The lowest BCUT2D eigenvalue weighted by Crippen LogP contribution is -2.41. The van der Waals surface area contributed by atoms with Crippen LogP contribution in [0.4, 0.5) is 0 Å². The maximum atomic E-state index is 5.79. The predicted molar refractivity (Wildman–Crippen MR) is 118 cm³/mol. The summed E-state index contributed by atoms with van der Waals surface area (Å²) in [4.78, 5) is 6.82. The molecule has 0 atom stereocenters. The highest BCUT2D eigenvalue weighted by molar-refractivity contribution is 14.0. The fraction of sp³-hybridized carbons (Fsp3) is 0.611. The second kappa shape index (κ2) is 14.7. The predicted octanol–water partition coefficient (Wildman–Crippen LogP) is 4.03. The number of rotatable bonds is 10. The molecule has 1 aromatic carbocycles. The summed E-state index contributed by atoms with van der Waals surface area (Å²) in [6.45, 7) is 7.40. The first-order valence-electron chi connectivity index (χ1n) is 8.35. The number of likely N-dealkylation sites (N-methyl/N-ethyl adjacent to an activating group) is 1. The largest absolute Gasteiger partial charge is 0.492 e. The van der Waals surface area contributed by atoms with Gasteiger partial charge in [0.25, 0.3) is 0 Å². The smallest absolute Gasteiger partial charge is 0.193 e. The molecule has 24 heavy (non-hydrogen) atoms. The molecule has 0 fully saturated rings. The van der Waals surface area contributed by atoms with Crippen molar-refractivity contribution in [2.24, 2.45) is 4.99 Å². The summed E-state index contributed by atoms with van der Waals surface area (Å²) in [5.41, 5.74) is 1.25. The molecule has 1 rings (SSSR count). The van der Waals surface area contributed by atoms with Crippen molar-refractivity contribution in [2.45, 2.75) is 26.7 Å². The summed E-state index contributed by atoms with van der Waals surface area (Å²) in [6.07, 6.45) is 4.52. The molecule has 0 heterocycles. The number of benzene rings is 1. The first kappa shape index (κ1) is 23.4. The second-order valence-electron chi connectivity index (χ2n) is 5.52. The average molecular weight is 465 g/mol. The maximum Gasteiger partial charge on any atom is 0.193 e. The van der Waals surface area contributed by atoms with Crippen molar-refractivity contribution >= 4 is 41.7 Å². The monoisotopic (exact) mass is 465 g/mol. The first-order valence-corrected chi connectivity index (χ1v) is 9.74. The van der Waals surface area contributed by atoms with Gasteiger partial charge < -0.3 is 15.0 Å². The first-order chi connectivity index (χ1) is 11.2. The molecule has 0 aliphatic heterocycles. The van der Waals surface area contributed by atoms with Crippen LogP contribution >= 0.6 is 35.7 Å². The fourth-order valence-electron chi connectivity index (χ4n) is 2.05. The van der Waals surface area contributed by atoms with Gasteiger partial charge >= 0.3 is 0 Å². The van der Waals surface area contributed by atoms with Gasteiger partial charge in [0, 0.05) is 20.1 Å². The highest BCUT2D eigenvalue weighted by Gasteiger charge is 2.05. The van der Waals surface area contributed by atoms with E-state index in [1.165, 1.54) is 17.7 Å². The highest BCUT2D eigenvalue weighted by Crippen LogP contribution is 2.11. The van der Waals surface area contributed by atoms with Crippen LogP contribution in [0.3, 0.4) is 0 Å². The van der Waals surface area contributed by atoms with Crippen LogP contribution in [0.15, 0.2) is 29.3 Å². The van der Waals surface area contributed by atoms with Crippen molar-refractivity contribution < 1.29 is 4.74 Å². The van der Waals surface area contributed by atoms with Crippen LogP contribution in [0.25, 0.3) is 0 Å². The Morgan fingerprint density at radius 3 is 2.58 bits per heavy atom. The minimum atomic E-state index is 0. The average Bonchev–Trinajstić information content (AvgIpc) is 2.55. The number of aliphatic imine (C=N–C) groups is 1. The zero-order valence-electron chi connectivity index (χ0n) is 15.4. The molecule has 0 aliphatic rings. The molecule has 4 nitrogen and oxygen atoms in total. The van der Waals surface area contributed by atoms with Gasteiger partial charge in [0.1, 0.15) is 12.4 Å². The SMILES string of the molecule is CCNC(=NCCCCSC)N(C)CCOc1ccc(C)cc1.I. The normalized spacial score (nSPS) is 10.9. The van der Waals surface area contributed by atoms with Crippen molar-refractivity contribution in [2.75, 3.05) is 45.3 Å². The number of nitrogens with one attached hydrogen (secondary N) is 1. The fourth-order valence-corrected chi connectivity index (χ4v) is 2.55. The molecule has 0 spiro atoms. The standard InChI is InChI=1S/C18H31N3OS.HI/c1-5-19-18(20-12-6-7-15-23-4)21(3)13-14-22-17-10-8-16(2)9-11-17;/h8-11H,5-7,12-15H2,1-4H3,(H,19,20);1H. The van der Waals surface area contributed by atoms with Gasteiger partial charge in [0.05, 0.1) is 6.54 Å². The minimum Gasteiger partial charge on any atom is -0.492 e. The third-order valence-corrected chi connectivity index (χ3v) is 4.13. The molecule has 1 N–H and O–H groups in total. The molecular formula is C18H32IN3OS. The van der Waals surface area contributed by atoms with Crippen LogP contribution < -0.4 is 10.1 Å². The highest BCUT2D eigenvalue weighted by atomic mass is 127. The number of unbranched alkanes of at least 4 members (excludes halogenated alkanes) is 1. The van der Waals surface area contributed by atoms with Crippen molar-refractivity contribution in [3.63, 3.8) is 0 Å². The molecule has 138 valence electrons. The van der Waals surface area contributed by atoms with E-state index in [0.29, 0.717) is 6.61 Å². The minimum absolute atomic E-state index is 0. The molecule has 0 amide bonds. The van der Waals surface area contributed by atoms with Crippen molar-refractivity contribution in [3.05, 3.63) is 29.8 Å². The number of nitrogens with zero attached hydrogens (tertiary/aromatic N) is 2. The number of hydrogen-bond donors (Lipinski definition) is 1. The van der Waals surface area contributed by atoms with Gasteiger partial charge in [-0.3, -0.25) is 4.99 Å². The third kappa shape index (κ3) is 10.3. The molecule has 0 unspecified atom stereocenters. The van der Waals surface area contributed by atoms with Gasteiger partial charge in [-0.1, -0.05) is 17.7 Å². The third-order valence-electron chi connectivity index (χ3n) is 3.43. The molecule has 0 saturated heterocycles.